The molecular formula is C15H24N2O2. The molecule has 1 aromatic rings. The van der Waals surface area contributed by atoms with Gasteiger partial charge in [0.2, 0.25) is 0 Å². The van der Waals surface area contributed by atoms with Gasteiger partial charge in [-0.15, -0.1) is 0 Å². The normalized spacial score (nSPS) is 10.4. The van der Waals surface area contributed by atoms with Gasteiger partial charge in [-0.2, -0.15) is 0 Å². The molecule has 0 amide bonds. The largest absolute Gasteiger partial charge is 0.385 e. The number of unbranched alkanes of at least 4 members (excludes halogenated alkanes) is 4. The first-order valence-corrected chi connectivity index (χ1v) is 7.20. The van der Waals surface area contributed by atoms with Crippen molar-refractivity contribution in [3.63, 3.8) is 0 Å². The Morgan fingerprint density at radius 2 is 1.89 bits per heavy atom. The van der Waals surface area contributed by atoms with E-state index in [0.717, 1.165) is 24.2 Å². The summed E-state index contributed by atoms with van der Waals surface area (Å²) in [5.74, 6) is 0. The highest BCUT2D eigenvalue weighted by molar-refractivity contribution is 5.55. The predicted octanol–water partition coefficient (Wildman–Crippen LogP) is 4.54. The van der Waals surface area contributed by atoms with Crippen molar-refractivity contribution in [1.29, 1.82) is 0 Å². The third kappa shape index (κ3) is 5.28. The van der Waals surface area contributed by atoms with Crippen molar-refractivity contribution in [3.8, 4) is 0 Å². The van der Waals surface area contributed by atoms with Crippen LogP contribution in [0.15, 0.2) is 18.2 Å². The molecule has 4 nitrogen and oxygen atoms in total. The van der Waals surface area contributed by atoms with Crippen molar-refractivity contribution in [3.05, 3.63) is 33.9 Å². The highest BCUT2D eigenvalue weighted by Crippen LogP contribution is 2.23. The molecule has 0 aliphatic heterocycles. The molecule has 0 radical (unpaired) electrons. The van der Waals surface area contributed by atoms with Crippen LogP contribution in [-0.4, -0.2) is 11.5 Å². The number of nitro groups is 1. The second-order valence-corrected chi connectivity index (χ2v) is 4.80. The van der Waals surface area contributed by atoms with Gasteiger partial charge in [-0.3, -0.25) is 10.1 Å². The first-order chi connectivity index (χ1) is 9.19. The number of benzene rings is 1. The van der Waals surface area contributed by atoms with Gasteiger partial charge in [-0.25, -0.2) is 0 Å². The van der Waals surface area contributed by atoms with Crippen molar-refractivity contribution in [2.45, 2.75) is 52.4 Å². The third-order valence-corrected chi connectivity index (χ3v) is 3.27. The Morgan fingerprint density at radius 3 is 2.53 bits per heavy atom. The Labute approximate surface area is 115 Å². The zero-order valence-corrected chi connectivity index (χ0v) is 11.9. The summed E-state index contributed by atoms with van der Waals surface area (Å²) >= 11 is 0. The van der Waals surface area contributed by atoms with Gasteiger partial charge in [0.15, 0.2) is 0 Å². The van der Waals surface area contributed by atoms with Crippen molar-refractivity contribution in [2.75, 3.05) is 11.9 Å². The number of hydrogen-bond donors (Lipinski definition) is 1. The van der Waals surface area contributed by atoms with Crippen LogP contribution < -0.4 is 5.32 Å². The molecule has 19 heavy (non-hydrogen) atoms. The summed E-state index contributed by atoms with van der Waals surface area (Å²) in [7, 11) is 0. The molecule has 0 atom stereocenters. The fraction of sp³-hybridized carbons (Fsp3) is 0.600. The highest BCUT2D eigenvalue weighted by Gasteiger charge is 2.12. The lowest BCUT2D eigenvalue weighted by atomic mass is 10.1. The van der Waals surface area contributed by atoms with E-state index in [9.17, 15) is 10.1 Å². The minimum absolute atomic E-state index is 0.221. The molecule has 0 fully saturated rings. The monoisotopic (exact) mass is 264 g/mol. The summed E-state index contributed by atoms with van der Waals surface area (Å²) in [6.07, 6.45) is 6.83. The second kappa shape index (κ2) is 8.51. The topological polar surface area (TPSA) is 55.2 Å². The molecule has 1 aromatic carbocycles. The Balaban J connectivity index is 2.46. The minimum atomic E-state index is -0.300. The van der Waals surface area contributed by atoms with Crippen LogP contribution in [0.1, 0.15) is 51.5 Å². The summed E-state index contributed by atoms with van der Waals surface area (Å²) in [6, 6.07) is 5.42. The van der Waals surface area contributed by atoms with Crippen LogP contribution in [0.2, 0.25) is 0 Å². The molecule has 0 heterocycles. The number of nitrogens with zero attached hydrogens (tertiary/aromatic N) is 1. The fourth-order valence-corrected chi connectivity index (χ4v) is 2.10. The van der Waals surface area contributed by atoms with Gasteiger partial charge >= 0.3 is 0 Å². The van der Waals surface area contributed by atoms with Gasteiger partial charge in [0.1, 0.15) is 0 Å². The van der Waals surface area contributed by atoms with Crippen LogP contribution in [0.25, 0.3) is 0 Å². The summed E-state index contributed by atoms with van der Waals surface area (Å²) in [6.45, 7) is 5.02. The summed E-state index contributed by atoms with van der Waals surface area (Å²) < 4.78 is 0. The average molecular weight is 264 g/mol. The Hall–Kier alpha value is -1.58. The van der Waals surface area contributed by atoms with Crippen LogP contribution >= 0.6 is 0 Å². The van der Waals surface area contributed by atoms with Gasteiger partial charge in [-0.1, -0.05) is 45.6 Å². The zero-order valence-electron chi connectivity index (χ0n) is 11.9. The molecule has 0 spiro atoms. The smallest absolute Gasteiger partial charge is 0.274 e. The SMILES string of the molecule is CCCCCCCNc1ccc(CC)c([N+](=O)[O-])c1. The number of rotatable bonds is 9. The molecule has 0 aliphatic rings. The average Bonchev–Trinajstić information content (AvgIpc) is 2.42. The molecule has 0 unspecified atom stereocenters. The molecule has 0 saturated heterocycles. The maximum Gasteiger partial charge on any atom is 0.274 e. The lowest BCUT2D eigenvalue weighted by Gasteiger charge is -2.07. The maximum atomic E-state index is 11.0. The Kier molecular flexibility index (Phi) is 6.93. The third-order valence-electron chi connectivity index (χ3n) is 3.27. The molecule has 0 saturated carbocycles. The number of hydrogen-bond acceptors (Lipinski definition) is 3. The molecule has 106 valence electrons. The van der Waals surface area contributed by atoms with Gasteiger partial charge in [0.05, 0.1) is 4.92 Å². The van der Waals surface area contributed by atoms with E-state index in [-0.39, 0.29) is 10.6 Å². The van der Waals surface area contributed by atoms with Crippen molar-refractivity contribution in [2.24, 2.45) is 0 Å². The lowest BCUT2D eigenvalue weighted by molar-refractivity contribution is -0.385. The van der Waals surface area contributed by atoms with Gasteiger partial charge in [0.25, 0.3) is 5.69 Å². The molecule has 0 bridgehead atoms. The number of nitrogens with one attached hydrogen (secondary N) is 1. The molecule has 1 N–H and O–H groups in total. The van der Waals surface area contributed by atoms with Crippen LogP contribution in [0, 0.1) is 10.1 Å². The van der Waals surface area contributed by atoms with Crippen LogP contribution in [0.3, 0.4) is 0 Å². The van der Waals surface area contributed by atoms with Crippen molar-refractivity contribution >= 4 is 11.4 Å². The number of nitro benzene ring substituents is 1. The molecule has 4 heteroatoms. The number of aryl methyl sites for hydroxylation is 1. The second-order valence-electron chi connectivity index (χ2n) is 4.80. The van der Waals surface area contributed by atoms with E-state index in [0.29, 0.717) is 6.42 Å². The maximum absolute atomic E-state index is 11.0. The number of anilines is 1. The first kappa shape index (κ1) is 15.5. The van der Waals surface area contributed by atoms with Crippen LogP contribution in [0.4, 0.5) is 11.4 Å². The molecule has 0 aliphatic carbocycles. The van der Waals surface area contributed by atoms with E-state index in [1.807, 2.05) is 19.1 Å². The lowest BCUT2D eigenvalue weighted by Crippen LogP contribution is -2.03. The first-order valence-electron chi connectivity index (χ1n) is 7.20. The standard InChI is InChI=1S/C15H24N2O2/c1-3-5-6-7-8-11-16-14-10-9-13(4-2)15(12-14)17(18)19/h9-10,12,16H,3-8,11H2,1-2H3. The minimum Gasteiger partial charge on any atom is -0.385 e. The van der Waals surface area contributed by atoms with E-state index < -0.39 is 0 Å². The Bertz CT molecular complexity index is 405. The predicted molar refractivity (Wildman–Crippen MR) is 79.7 cm³/mol. The molecule has 1 rings (SSSR count). The van der Waals surface area contributed by atoms with E-state index in [2.05, 4.69) is 12.2 Å². The van der Waals surface area contributed by atoms with Gasteiger partial charge < -0.3 is 5.32 Å². The quantitative estimate of drug-likeness (QED) is 0.404. The Morgan fingerprint density at radius 1 is 1.16 bits per heavy atom. The van der Waals surface area contributed by atoms with E-state index in [1.165, 1.54) is 25.7 Å². The summed E-state index contributed by atoms with van der Waals surface area (Å²) in [5.41, 5.74) is 1.86. The van der Waals surface area contributed by atoms with Crippen molar-refractivity contribution in [1.82, 2.24) is 0 Å². The molecular weight excluding hydrogens is 240 g/mol. The fourth-order valence-electron chi connectivity index (χ4n) is 2.10. The van der Waals surface area contributed by atoms with Crippen molar-refractivity contribution < 1.29 is 4.92 Å². The van der Waals surface area contributed by atoms with E-state index >= 15 is 0 Å². The van der Waals surface area contributed by atoms with Crippen LogP contribution in [-0.2, 0) is 6.42 Å². The summed E-state index contributed by atoms with van der Waals surface area (Å²) in [5, 5.41) is 14.2. The highest BCUT2D eigenvalue weighted by atomic mass is 16.6. The zero-order chi connectivity index (χ0) is 14.1. The van der Waals surface area contributed by atoms with Gasteiger partial charge in [-0.05, 0) is 18.9 Å². The summed E-state index contributed by atoms with van der Waals surface area (Å²) in [4.78, 5) is 10.7. The van der Waals surface area contributed by atoms with Gasteiger partial charge in [0, 0.05) is 23.9 Å². The van der Waals surface area contributed by atoms with Crippen LogP contribution in [0.5, 0.6) is 0 Å². The molecule has 0 aromatic heterocycles. The van der Waals surface area contributed by atoms with E-state index in [1.54, 1.807) is 6.07 Å². The van der Waals surface area contributed by atoms with E-state index in [4.69, 9.17) is 0 Å².